The van der Waals surface area contributed by atoms with Gasteiger partial charge in [0.15, 0.2) is 5.11 Å². The lowest BCUT2D eigenvalue weighted by Crippen LogP contribution is -2.43. The maximum absolute atomic E-state index is 14.6. The molecule has 0 aliphatic carbocycles. The number of hydrogen-bond acceptors (Lipinski definition) is 4. The number of benzene rings is 2. The number of hydrazone groups is 1. The molecule has 0 unspecified atom stereocenters. The topological polar surface area (TPSA) is 56.9 Å². The third-order valence-electron chi connectivity index (χ3n) is 5.22. The molecule has 0 radical (unpaired) electrons. The molecule has 9 heteroatoms. The Kier molecular flexibility index (Phi) is 7.58. The Morgan fingerprint density at radius 3 is 2.57 bits per heavy atom. The lowest BCUT2D eigenvalue weighted by molar-refractivity contribution is 0.200. The molecule has 0 bridgehead atoms. The molecule has 3 rings (SSSR count). The van der Waals surface area contributed by atoms with Crippen LogP contribution in [0.25, 0.3) is 0 Å². The van der Waals surface area contributed by atoms with Gasteiger partial charge in [0.1, 0.15) is 11.6 Å². The Balaban J connectivity index is 1.60. The van der Waals surface area contributed by atoms with E-state index in [-0.39, 0.29) is 16.4 Å². The molecule has 3 N–H and O–H groups in total. The first-order valence-corrected chi connectivity index (χ1v) is 10.4. The minimum Gasteiger partial charge on any atom is -0.375 e. The smallest absolute Gasteiger partial charge is 0.184 e. The first-order chi connectivity index (χ1) is 14.3. The number of hydrogen-bond donors (Lipinski definition) is 2. The van der Waals surface area contributed by atoms with Gasteiger partial charge in [0, 0.05) is 42.3 Å². The number of rotatable bonds is 6. The third kappa shape index (κ3) is 5.87. The van der Waals surface area contributed by atoms with E-state index in [0.717, 1.165) is 36.7 Å². The van der Waals surface area contributed by atoms with Crippen LogP contribution in [0.4, 0.5) is 14.5 Å². The highest BCUT2D eigenvalue weighted by Crippen LogP contribution is 2.27. The van der Waals surface area contributed by atoms with Crippen molar-refractivity contribution in [1.82, 2.24) is 10.3 Å². The summed E-state index contributed by atoms with van der Waals surface area (Å²) < 4.78 is 29.0. The highest BCUT2D eigenvalue weighted by Gasteiger charge is 2.25. The molecule has 1 aliphatic heterocycles. The number of anilines is 1. The highest BCUT2D eigenvalue weighted by atomic mass is 35.5. The summed E-state index contributed by atoms with van der Waals surface area (Å²) in [7, 11) is 2.09. The molecular weight excluding hydrogens is 428 g/mol. The number of halogens is 3. The number of nitrogens with zero attached hydrogens (tertiary/aromatic N) is 3. The molecule has 1 heterocycles. The minimum absolute atomic E-state index is 0.0255. The van der Waals surface area contributed by atoms with Crippen LogP contribution in [0.2, 0.25) is 5.02 Å². The van der Waals surface area contributed by atoms with E-state index < -0.39 is 11.6 Å². The molecule has 0 spiro atoms. The number of thiocarbonyl (C=S) groups is 1. The van der Waals surface area contributed by atoms with E-state index in [4.69, 9.17) is 17.3 Å². The number of nitrogens with two attached hydrogens (primary N) is 1. The van der Waals surface area contributed by atoms with Gasteiger partial charge in [-0.1, -0.05) is 23.7 Å². The summed E-state index contributed by atoms with van der Waals surface area (Å²) in [4.78, 5) is 4.19. The van der Waals surface area contributed by atoms with Gasteiger partial charge in [-0.2, -0.15) is 5.10 Å². The van der Waals surface area contributed by atoms with Gasteiger partial charge >= 0.3 is 0 Å². The Labute approximate surface area is 185 Å². The van der Waals surface area contributed by atoms with Gasteiger partial charge in [-0.25, -0.2) is 8.78 Å². The lowest BCUT2D eigenvalue weighted by atomic mass is 10.0. The van der Waals surface area contributed by atoms with Gasteiger partial charge in [0.05, 0.1) is 11.9 Å². The van der Waals surface area contributed by atoms with E-state index in [0.29, 0.717) is 19.1 Å². The predicted molar refractivity (Wildman–Crippen MR) is 122 cm³/mol. The second-order valence-corrected chi connectivity index (χ2v) is 8.20. The van der Waals surface area contributed by atoms with Gasteiger partial charge in [-0.05, 0) is 55.9 Å². The largest absolute Gasteiger partial charge is 0.375 e. The normalized spacial score (nSPS) is 15.2. The summed E-state index contributed by atoms with van der Waals surface area (Å²) in [6.07, 6.45) is 2.89. The van der Waals surface area contributed by atoms with Crippen LogP contribution in [0, 0.1) is 11.6 Å². The fourth-order valence-corrected chi connectivity index (χ4v) is 3.79. The Bertz CT molecular complexity index is 914. The quantitative estimate of drug-likeness (QED) is 0.396. The number of nitrogens with one attached hydrogen (secondary N) is 1. The molecule has 5 nitrogen and oxygen atoms in total. The molecule has 1 fully saturated rings. The van der Waals surface area contributed by atoms with E-state index >= 15 is 0 Å². The monoisotopic (exact) mass is 451 g/mol. The summed E-state index contributed by atoms with van der Waals surface area (Å²) in [5.41, 5.74) is 9.06. The van der Waals surface area contributed by atoms with Crippen molar-refractivity contribution in [3.05, 3.63) is 64.2 Å². The van der Waals surface area contributed by atoms with E-state index in [1.54, 1.807) is 0 Å². The van der Waals surface area contributed by atoms with Gasteiger partial charge in [-0.15, -0.1) is 0 Å². The minimum atomic E-state index is -0.554. The summed E-state index contributed by atoms with van der Waals surface area (Å²) in [6, 6.07) is 10.5. The van der Waals surface area contributed by atoms with E-state index in [1.807, 2.05) is 29.2 Å². The Morgan fingerprint density at radius 2 is 1.93 bits per heavy atom. The van der Waals surface area contributed by atoms with Crippen LogP contribution in [0.3, 0.4) is 0 Å². The molecule has 0 saturated carbocycles. The van der Waals surface area contributed by atoms with Crippen LogP contribution >= 0.6 is 23.8 Å². The van der Waals surface area contributed by atoms with Crippen LogP contribution in [0.1, 0.15) is 24.0 Å². The maximum Gasteiger partial charge on any atom is 0.184 e. The molecule has 2 aromatic carbocycles. The van der Waals surface area contributed by atoms with Crippen LogP contribution in [-0.4, -0.2) is 42.4 Å². The molecule has 1 aliphatic rings. The van der Waals surface area contributed by atoms with Crippen molar-refractivity contribution in [2.24, 2.45) is 10.8 Å². The van der Waals surface area contributed by atoms with E-state index in [1.165, 1.54) is 11.6 Å². The standard InChI is InChI=1S/C21H24ClF2N5S/c1-28(13-14-2-4-16(22)5-3-14)17-6-8-29(9-7-17)20-11-18(23)15(10-19(20)24)12-26-27-21(25)30/h2-5,10-12,17H,6-9,13H2,1H3,(H3,25,27,30). The summed E-state index contributed by atoms with van der Waals surface area (Å²) in [6.45, 7) is 2.13. The van der Waals surface area contributed by atoms with Crippen molar-refractivity contribution >= 4 is 40.8 Å². The van der Waals surface area contributed by atoms with Gasteiger partial charge in [-0.3, -0.25) is 10.3 Å². The van der Waals surface area contributed by atoms with E-state index in [9.17, 15) is 8.78 Å². The van der Waals surface area contributed by atoms with Crippen molar-refractivity contribution in [2.75, 3.05) is 25.0 Å². The van der Waals surface area contributed by atoms with Crippen molar-refractivity contribution in [2.45, 2.75) is 25.4 Å². The summed E-state index contributed by atoms with van der Waals surface area (Å²) >= 11 is 10.6. The van der Waals surface area contributed by atoms with Crippen LogP contribution in [0.5, 0.6) is 0 Å². The van der Waals surface area contributed by atoms with E-state index in [2.05, 4.69) is 34.7 Å². The fourth-order valence-electron chi connectivity index (χ4n) is 3.61. The van der Waals surface area contributed by atoms with Crippen LogP contribution < -0.4 is 16.1 Å². The lowest BCUT2D eigenvalue weighted by Gasteiger charge is -2.38. The molecular formula is C21H24ClF2N5S. The van der Waals surface area contributed by atoms with Gasteiger partial charge in [0.2, 0.25) is 0 Å². The highest BCUT2D eigenvalue weighted by molar-refractivity contribution is 7.80. The molecule has 2 aromatic rings. The zero-order valence-electron chi connectivity index (χ0n) is 16.6. The van der Waals surface area contributed by atoms with Crippen LogP contribution in [0.15, 0.2) is 41.5 Å². The first kappa shape index (κ1) is 22.4. The average Bonchev–Trinajstić information content (AvgIpc) is 2.72. The predicted octanol–water partition coefficient (Wildman–Crippen LogP) is 3.89. The van der Waals surface area contributed by atoms with Gasteiger partial charge in [0.25, 0.3) is 0 Å². The average molecular weight is 452 g/mol. The second-order valence-electron chi connectivity index (χ2n) is 7.32. The van der Waals surface area contributed by atoms with Crippen molar-refractivity contribution in [3.63, 3.8) is 0 Å². The molecule has 160 valence electrons. The first-order valence-electron chi connectivity index (χ1n) is 9.60. The third-order valence-corrected chi connectivity index (χ3v) is 5.56. The van der Waals surface area contributed by atoms with Crippen LogP contribution in [-0.2, 0) is 6.54 Å². The maximum atomic E-state index is 14.6. The zero-order chi connectivity index (χ0) is 21.7. The SMILES string of the molecule is CN(Cc1ccc(Cl)cc1)C1CCN(c2cc(F)c(C=NNC(N)=S)cc2F)CC1. The molecule has 30 heavy (non-hydrogen) atoms. The van der Waals surface area contributed by atoms with Crippen molar-refractivity contribution in [3.8, 4) is 0 Å². The summed E-state index contributed by atoms with van der Waals surface area (Å²) in [5.74, 6) is -1.04. The number of piperidine rings is 1. The second kappa shape index (κ2) is 10.1. The molecule has 0 aromatic heterocycles. The Hall–Kier alpha value is -2.29. The van der Waals surface area contributed by atoms with Crippen molar-refractivity contribution < 1.29 is 8.78 Å². The zero-order valence-corrected chi connectivity index (χ0v) is 18.2. The molecule has 0 atom stereocenters. The van der Waals surface area contributed by atoms with Gasteiger partial charge < -0.3 is 10.6 Å². The Morgan fingerprint density at radius 1 is 1.27 bits per heavy atom. The van der Waals surface area contributed by atoms with Crippen molar-refractivity contribution in [1.29, 1.82) is 0 Å². The molecule has 1 saturated heterocycles. The summed E-state index contributed by atoms with van der Waals surface area (Å²) in [5, 5.41) is 4.35. The molecule has 0 amide bonds. The fraction of sp³-hybridized carbons (Fsp3) is 0.333.